The van der Waals surface area contributed by atoms with Crippen molar-refractivity contribution in [3.8, 4) is 0 Å². The van der Waals surface area contributed by atoms with Crippen molar-refractivity contribution in [2.24, 2.45) is 0 Å². The van der Waals surface area contributed by atoms with Crippen LogP contribution in [0.25, 0.3) is 0 Å². The van der Waals surface area contributed by atoms with Gasteiger partial charge >= 0.3 is 0 Å². The van der Waals surface area contributed by atoms with Crippen molar-refractivity contribution >= 4 is 9.85 Å². The Morgan fingerprint density at radius 1 is 0.417 bits per heavy atom. The Bertz CT molecular complexity index is 186. The highest BCUT2D eigenvalue weighted by molar-refractivity contribution is 6.25. The Balaban J connectivity index is 2.93. The third-order valence-electron chi connectivity index (χ3n) is 5.24. The Kier molecular flexibility index (Phi) is 23.3. The molecule has 0 nitrogen and oxygen atoms in total. The van der Waals surface area contributed by atoms with Gasteiger partial charge in [0.2, 0.25) is 9.85 Å². The molecule has 0 radical (unpaired) electrons. The molecule has 146 valence electrons. The summed E-state index contributed by atoms with van der Waals surface area (Å²) in [6.07, 6.45) is 28.3. The molecule has 0 spiro atoms. The Hall–Kier alpha value is 0.147. The zero-order chi connectivity index (χ0) is 17.6. The van der Waals surface area contributed by atoms with E-state index in [4.69, 9.17) is 0 Å². The van der Waals surface area contributed by atoms with Gasteiger partial charge in [0.15, 0.2) is 0 Å². The van der Waals surface area contributed by atoms with Crippen LogP contribution >= 0.6 is 0 Å². The lowest BCUT2D eigenvalue weighted by molar-refractivity contribution is 0.522. The fourth-order valence-corrected chi connectivity index (χ4v) is 4.07. The second-order valence-electron chi connectivity index (χ2n) is 7.76. The second-order valence-corrected chi connectivity index (χ2v) is 8.85. The van der Waals surface area contributed by atoms with Crippen molar-refractivity contribution in [2.45, 2.75) is 141 Å². The third-order valence-corrected chi connectivity index (χ3v) is 6.00. The summed E-state index contributed by atoms with van der Waals surface area (Å²) in [5.74, 6) is 0. The quantitative estimate of drug-likeness (QED) is 0.110. The fourth-order valence-electron chi connectivity index (χ4n) is 3.53. The van der Waals surface area contributed by atoms with Crippen molar-refractivity contribution < 1.29 is 4.11 Å². The van der Waals surface area contributed by atoms with Gasteiger partial charge in [-0.25, -0.2) is 0 Å². The summed E-state index contributed by atoms with van der Waals surface area (Å²) in [5.41, 5.74) is 0. The maximum absolute atomic E-state index is 12.1. The molecule has 0 amide bonds. The molecule has 0 aliphatic rings. The first-order valence-electron chi connectivity index (χ1n) is 11.5. The van der Waals surface area contributed by atoms with Gasteiger partial charge in [0.25, 0.3) is 0 Å². The van der Waals surface area contributed by atoms with Crippen LogP contribution < -0.4 is 0 Å². The van der Waals surface area contributed by atoms with Crippen LogP contribution in [0.4, 0.5) is 4.11 Å². The van der Waals surface area contributed by atoms with Crippen LogP contribution in [0.2, 0.25) is 6.04 Å². The molecule has 0 aromatic carbocycles. The fraction of sp³-hybridized carbons (Fsp3) is 1.00. The minimum absolute atomic E-state index is 0.916. The number of halogens is 1. The molecule has 0 rings (SSSR count). The van der Waals surface area contributed by atoms with Crippen molar-refractivity contribution in [3.05, 3.63) is 0 Å². The first kappa shape index (κ1) is 24.1. The van der Waals surface area contributed by atoms with Gasteiger partial charge in [-0.3, -0.25) is 0 Å². The largest absolute Gasteiger partial charge is 0.323 e. The summed E-state index contributed by atoms with van der Waals surface area (Å²) in [6, 6.07) is 0.916. The average Bonchev–Trinajstić information content (AvgIpc) is 2.60. The molecule has 0 aromatic heterocycles. The maximum Gasteiger partial charge on any atom is 0.216 e. The zero-order valence-electron chi connectivity index (χ0n) is 16.9. The molecule has 0 saturated heterocycles. The lowest BCUT2D eigenvalue weighted by Crippen LogP contribution is -1.84. The maximum atomic E-state index is 12.1. The van der Waals surface area contributed by atoms with Crippen LogP contribution in [0.15, 0.2) is 0 Å². The summed E-state index contributed by atoms with van der Waals surface area (Å²) in [6.45, 7) is 2.29. The Morgan fingerprint density at radius 2 is 0.667 bits per heavy atom. The molecule has 0 atom stereocenters. The SMILES string of the molecule is CCCCCCCCCCCCCCCCCCCCCC[SiH2]F. The van der Waals surface area contributed by atoms with Gasteiger partial charge in [0.1, 0.15) is 0 Å². The van der Waals surface area contributed by atoms with E-state index in [1.165, 1.54) is 122 Å². The molecule has 2 heteroatoms. The van der Waals surface area contributed by atoms with Crippen LogP contribution in [0, 0.1) is 0 Å². The molecule has 0 N–H and O–H groups in total. The molecule has 0 aliphatic carbocycles. The topological polar surface area (TPSA) is 0 Å². The van der Waals surface area contributed by atoms with Crippen LogP contribution in [0.3, 0.4) is 0 Å². The molecule has 0 heterocycles. The smallest absolute Gasteiger partial charge is 0.216 e. The third kappa shape index (κ3) is 22.1. The van der Waals surface area contributed by atoms with E-state index in [-0.39, 0.29) is 0 Å². The van der Waals surface area contributed by atoms with E-state index < -0.39 is 9.85 Å². The molecule has 0 saturated carbocycles. The van der Waals surface area contributed by atoms with E-state index in [1.54, 1.807) is 0 Å². The monoisotopic (exact) mass is 358 g/mol. The predicted molar refractivity (Wildman–Crippen MR) is 112 cm³/mol. The van der Waals surface area contributed by atoms with E-state index in [9.17, 15) is 4.11 Å². The highest BCUT2D eigenvalue weighted by atomic mass is 28.3. The van der Waals surface area contributed by atoms with Crippen molar-refractivity contribution in [2.75, 3.05) is 0 Å². The normalized spacial score (nSPS) is 11.8. The Morgan fingerprint density at radius 3 is 0.917 bits per heavy atom. The summed E-state index contributed by atoms with van der Waals surface area (Å²) in [7, 11) is -1.16. The van der Waals surface area contributed by atoms with Gasteiger partial charge < -0.3 is 4.11 Å². The minimum Gasteiger partial charge on any atom is -0.323 e. The minimum atomic E-state index is -1.16. The van der Waals surface area contributed by atoms with Crippen molar-refractivity contribution in [1.82, 2.24) is 0 Å². The van der Waals surface area contributed by atoms with Crippen LogP contribution in [0.1, 0.15) is 135 Å². The van der Waals surface area contributed by atoms with Gasteiger partial charge in [-0.15, -0.1) is 0 Å². The number of rotatable bonds is 21. The van der Waals surface area contributed by atoms with Crippen molar-refractivity contribution in [3.63, 3.8) is 0 Å². The van der Waals surface area contributed by atoms with Crippen molar-refractivity contribution in [1.29, 1.82) is 0 Å². The predicted octanol–water partition coefficient (Wildman–Crippen LogP) is 8.28. The van der Waals surface area contributed by atoms with E-state index in [1.807, 2.05) is 0 Å². The highest BCUT2D eigenvalue weighted by Crippen LogP contribution is 2.14. The second kappa shape index (κ2) is 23.1. The highest BCUT2D eigenvalue weighted by Gasteiger charge is 1.95. The first-order chi connectivity index (χ1) is 11.9. The lowest BCUT2D eigenvalue weighted by Gasteiger charge is -2.04. The number of hydrogen-bond acceptors (Lipinski definition) is 0. The zero-order valence-corrected chi connectivity index (χ0v) is 18.3. The molecule has 0 aromatic rings. The molecule has 0 bridgehead atoms. The summed E-state index contributed by atoms with van der Waals surface area (Å²) >= 11 is 0. The Labute approximate surface area is 155 Å². The molecular formula is C22H47FSi. The van der Waals surface area contributed by atoms with Crippen LogP contribution in [0.5, 0.6) is 0 Å². The summed E-state index contributed by atoms with van der Waals surface area (Å²) in [5, 5.41) is 0. The lowest BCUT2D eigenvalue weighted by atomic mass is 10.0. The van der Waals surface area contributed by atoms with Gasteiger partial charge in [-0.1, -0.05) is 135 Å². The van der Waals surface area contributed by atoms with Crippen LogP contribution in [-0.4, -0.2) is 9.85 Å². The van der Waals surface area contributed by atoms with E-state index >= 15 is 0 Å². The summed E-state index contributed by atoms with van der Waals surface area (Å²) < 4.78 is 12.1. The molecule has 24 heavy (non-hydrogen) atoms. The molecule has 0 unspecified atom stereocenters. The molecule has 0 fully saturated rings. The van der Waals surface area contributed by atoms with Gasteiger partial charge in [-0.05, 0) is 6.04 Å². The summed E-state index contributed by atoms with van der Waals surface area (Å²) in [4.78, 5) is 0. The van der Waals surface area contributed by atoms with E-state index in [0.717, 1.165) is 12.5 Å². The first-order valence-corrected chi connectivity index (χ1v) is 13.0. The number of hydrogen-bond donors (Lipinski definition) is 0. The standard InChI is InChI=1S/C22H47FSi/c1-2-3-4-5-6-7-8-9-10-11-12-13-14-15-16-17-18-19-20-21-22-24-23/h2-22,24H2,1H3. The van der Waals surface area contributed by atoms with E-state index in [2.05, 4.69) is 6.92 Å². The van der Waals surface area contributed by atoms with Gasteiger partial charge in [0.05, 0.1) is 0 Å². The van der Waals surface area contributed by atoms with Crippen LogP contribution in [-0.2, 0) is 0 Å². The molecule has 0 aliphatic heterocycles. The van der Waals surface area contributed by atoms with Gasteiger partial charge in [-0.2, -0.15) is 0 Å². The van der Waals surface area contributed by atoms with E-state index in [0.29, 0.717) is 0 Å². The molecular weight excluding hydrogens is 311 g/mol. The van der Waals surface area contributed by atoms with Gasteiger partial charge in [0, 0.05) is 0 Å². The number of unbranched alkanes of at least 4 members (excludes halogenated alkanes) is 19. The average molecular weight is 359 g/mol.